The summed E-state index contributed by atoms with van der Waals surface area (Å²) < 4.78 is 5.81. The molecule has 1 atom stereocenters. The third kappa shape index (κ3) is 4.99. The predicted molar refractivity (Wildman–Crippen MR) is 102 cm³/mol. The zero-order valence-corrected chi connectivity index (χ0v) is 15.7. The molecule has 0 radical (unpaired) electrons. The van der Waals surface area contributed by atoms with E-state index in [0.717, 1.165) is 45.5 Å². The Kier molecular flexibility index (Phi) is 6.56. The molecule has 8 heteroatoms. The van der Waals surface area contributed by atoms with E-state index in [1.54, 1.807) is 0 Å². The van der Waals surface area contributed by atoms with Crippen LogP contribution in [0.25, 0.3) is 0 Å². The molecule has 1 aromatic heterocycles. The van der Waals surface area contributed by atoms with Crippen molar-refractivity contribution in [2.24, 2.45) is 5.92 Å². The molecular formula is C18H27ClN4O3. The summed E-state index contributed by atoms with van der Waals surface area (Å²) in [5.74, 6) is 0.0829. The second-order valence-corrected chi connectivity index (χ2v) is 7.62. The van der Waals surface area contributed by atoms with Gasteiger partial charge >= 0.3 is 0 Å². The maximum atomic E-state index is 12.2. The van der Waals surface area contributed by atoms with Gasteiger partial charge in [-0.25, -0.2) is 0 Å². The van der Waals surface area contributed by atoms with Crippen molar-refractivity contribution < 1.29 is 9.53 Å². The van der Waals surface area contributed by atoms with E-state index in [9.17, 15) is 9.59 Å². The summed E-state index contributed by atoms with van der Waals surface area (Å²) in [6.45, 7) is 4.51. The molecule has 2 saturated heterocycles. The van der Waals surface area contributed by atoms with E-state index in [4.69, 9.17) is 22.1 Å². The fourth-order valence-corrected chi connectivity index (χ4v) is 3.79. The molecule has 0 bridgehead atoms. The van der Waals surface area contributed by atoms with Crippen LogP contribution in [0, 0.1) is 5.92 Å². The zero-order chi connectivity index (χ0) is 18.5. The lowest BCUT2D eigenvalue weighted by Crippen LogP contribution is -2.43. The number of rotatable bonds is 5. The number of carbonyl (C=O) groups is 1. The zero-order valence-electron chi connectivity index (χ0n) is 14.9. The van der Waals surface area contributed by atoms with E-state index in [1.165, 1.54) is 18.9 Å². The molecule has 26 heavy (non-hydrogen) atoms. The summed E-state index contributed by atoms with van der Waals surface area (Å²) >= 11 is 5.88. The largest absolute Gasteiger partial charge is 0.384 e. The maximum absolute atomic E-state index is 12.2. The van der Waals surface area contributed by atoms with Crippen molar-refractivity contribution in [1.82, 2.24) is 15.2 Å². The molecule has 0 aliphatic carbocycles. The van der Waals surface area contributed by atoms with E-state index in [0.29, 0.717) is 18.6 Å². The highest BCUT2D eigenvalue weighted by molar-refractivity contribution is 6.33. The van der Waals surface area contributed by atoms with Gasteiger partial charge in [0.1, 0.15) is 11.4 Å². The van der Waals surface area contributed by atoms with Gasteiger partial charge < -0.3 is 25.7 Å². The normalized spacial score (nSPS) is 22.3. The first kappa shape index (κ1) is 19.2. The Labute approximate surface area is 158 Å². The molecule has 4 N–H and O–H groups in total. The lowest BCUT2D eigenvalue weighted by Gasteiger charge is -2.35. The Morgan fingerprint density at radius 1 is 1.35 bits per heavy atom. The summed E-state index contributed by atoms with van der Waals surface area (Å²) in [5.41, 5.74) is 5.00. The maximum Gasteiger partial charge on any atom is 0.262 e. The van der Waals surface area contributed by atoms with Crippen molar-refractivity contribution in [1.29, 1.82) is 0 Å². The van der Waals surface area contributed by atoms with Crippen LogP contribution in [0.15, 0.2) is 10.9 Å². The molecule has 144 valence electrons. The third-order valence-corrected chi connectivity index (χ3v) is 5.57. The molecule has 0 spiro atoms. The molecule has 2 aliphatic rings. The van der Waals surface area contributed by atoms with Crippen LogP contribution in [0.5, 0.6) is 0 Å². The summed E-state index contributed by atoms with van der Waals surface area (Å²) in [5, 5.41) is 3.02. The van der Waals surface area contributed by atoms with Crippen LogP contribution in [0.1, 0.15) is 42.5 Å². The second kappa shape index (κ2) is 8.88. The molecule has 2 aliphatic heterocycles. The van der Waals surface area contributed by atoms with Gasteiger partial charge in [-0.2, -0.15) is 0 Å². The number of pyridine rings is 1. The number of aromatic amines is 1. The fourth-order valence-electron chi connectivity index (χ4n) is 3.63. The highest BCUT2D eigenvalue weighted by Gasteiger charge is 2.24. The first-order chi connectivity index (χ1) is 12.5. The number of hydrogen-bond acceptors (Lipinski definition) is 5. The van der Waals surface area contributed by atoms with Crippen molar-refractivity contribution in [3.05, 3.63) is 27.0 Å². The smallest absolute Gasteiger partial charge is 0.262 e. The fraction of sp³-hybridized carbons (Fsp3) is 0.667. The number of halogens is 1. The van der Waals surface area contributed by atoms with Gasteiger partial charge in [0.15, 0.2) is 0 Å². The standard InChI is InChI=1S/C18H27ClN4O3/c19-15-9-14(18(25)22-16(15)20)17(24)21-10-12-4-6-23(7-5-12)11-13-3-1-2-8-26-13/h9,12-13H,1-8,10-11H2,(H,21,24)(H3,20,22,25). The average molecular weight is 383 g/mol. The van der Waals surface area contributed by atoms with E-state index < -0.39 is 11.5 Å². The number of nitrogens with two attached hydrogens (primary N) is 1. The number of likely N-dealkylation sites (tertiary alicyclic amines) is 1. The molecule has 2 fully saturated rings. The number of nitrogens with one attached hydrogen (secondary N) is 2. The summed E-state index contributed by atoms with van der Waals surface area (Å²) in [4.78, 5) is 28.9. The summed E-state index contributed by atoms with van der Waals surface area (Å²) in [6, 6.07) is 1.32. The number of hydrogen-bond donors (Lipinski definition) is 3. The Balaban J connectivity index is 1.43. The van der Waals surface area contributed by atoms with Crippen LogP contribution in [0.2, 0.25) is 5.02 Å². The summed E-state index contributed by atoms with van der Waals surface area (Å²) in [7, 11) is 0. The van der Waals surface area contributed by atoms with Crippen LogP contribution in [0.3, 0.4) is 0 Å². The van der Waals surface area contributed by atoms with Crippen LogP contribution in [0.4, 0.5) is 5.82 Å². The number of piperidine rings is 1. The van der Waals surface area contributed by atoms with E-state index in [2.05, 4.69) is 15.2 Å². The number of amides is 1. The Hall–Kier alpha value is -1.57. The minimum atomic E-state index is -0.522. The van der Waals surface area contributed by atoms with Gasteiger partial charge in [0.2, 0.25) is 0 Å². The number of H-pyrrole nitrogens is 1. The van der Waals surface area contributed by atoms with Gasteiger partial charge in [0, 0.05) is 19.7 Å². The van der Waals surface area contributed by atoms with Crippen LogP contribution in [-0.4, -0.2) is 54.7 Å². The van der Waals surface area contributed by atoms with E-state index in [1.807, 2.05) is 0 Å². The van der Waals surface area contributed by atoms with Crippen LogP contribution >= 0.6 is 11.6 Å². The van der Waals surface area contributed by atoms with E-state index in [-0.39, 0.29) is 16.4 Å². The molecule has 1 aromatic rings. The minimum absolute atomic E-state index is 0.00363. The lowest BCUT2D eigenvalue weighted by molar-refractivity contribution is -0.0111. The van der Waals surface area contributed by atoms with Gasteiger partial charge in [-0.05, 0) is 57.2 Å². The van der Waals surface area contributed by atoms with Gasteiger partial charge in [0.25, 0.3) is 11.5 Å². The first-order valence-corrected chi connectivity index (χ1v) is 9.71. The number of ether oxygens (including phenoxy) is 1. The van der Waals surface area contributed by atoms with Crippen molar-refractivity contribution in [3.63, 3.8) is 0 Å². The Morgan fingerprint density at radius 2 is 2.12 bits per heavy atom. The molecule has 3 rings (SSSR count). The molecule has 1 unspecified atom stereocenters. The molecular weight excluding hydrogens is 356 g/mol. The number of nitrogen functional groups attached to an aromatic ring is 1. The monoisotopic (exact) mass is 382 g/mol. The quantitative estimate of drug-likeness (QED) is 0.718. The number of anilines is 1. The Bertz CT molecular complexity index is 680. The average Bonchev–Trinajstić information content (AvgIpc) is 2.65. The van der Waals surface area contributed by atoms with Crippen molar-refractivity contribution in [2.75, 3.05) is 38.5 Å². The molecule has 7 nitrogen and oxygen atoms in total. The van der Waals surface area contributed by atoms with Gasteiger partial charge in [-0.3, -0.25) is 9.59 Å². The van der Waals surface area contributed by atoms with Crippen LogP contribution in [-0.2, 0) is 4.74 Å². The molecule has 3 heterocycles. The van der Waals surface area contributed by atoms with Crippen molar-refractivity contribution >= 4 is 23.3 Å². The molecule has 1 amide bonds. The number of aromatic nitrogens is 1. The second-order valence-electron chi connectivity index (χ2n) is 7.22. The van der Waals surface area contributed by atoms with Crippen LogP contribution < -0.4 is 16.6 Å². The number of carbonyl (C=O) groups excluding carboxylic acids is 1. The first-order valence-electron chi connectivity index (χ1n) is 9.33. The SMILES string of the molecule is Nc1[nH]c(=O)c(C(=O)NCC2CCN(CC3CCCCO3)CC2)cc1Cl. The third-order valence-electron chi connectivity index (χ3n) is 5.26. The topological polar surface area (TPSA) is 100 Å². The lowest BCUT2D eigenvalue weighted by atomic mass is 9.96. The van der Waals surface area contributed by atoms with Crippen molar-refractivity contribution in [2.45, 2.75) is 38.2 Å². The Morgan fingerprint density at radius 3 is 2.81 bits per heavy atom. The van der Waals surface area contributed by atoms with E-state index >= 15 is 0 Å². The molecule has 0 saturated carbocycles. The highest BCUT2D eigenvalue weighted by Crippen LogP contribution is 2.20. The predicted octanol–water partition coefficient (Wildman–Crippen LogP) is 1.62. The highest BCUT2D eigenvalue weighted by atomic mass is 35.5. The van der Waals surface area contributed by atoms with Gasteiger partial charge in [-0.15, -0.1) is 0 Å². The molecule has 0 aromatic carbocycles. The van der Waals surface area contributed by atoms with Gasteiger partial charge in [0.05, 0.1) is 11.1 Å². The number of nitrogens with zero attached hydrogens (tertiary/aromatic N) is 1. The van der Waals surface area contributed by atoms with Crippen molar-refractivity contribution in [3.8, 4) is 0 Å². The van der Waals surface area contributed by atoms with Gasteiger partial charge in [-0.1, -0.05) is 11.6 Å². The minimum Gasteiger partial charge on any atom is -0.384 e. The summed E-state index contributed by atoms with van der Waals surface area (Å²) in [6.07, 6.45) is 6.05.